The molecule has 0 spiro atoms. The Balaban J connectivity index is 2.11. The van der Waals surface area contributed by atoms with E-state index in [1.165, 1.54) is 14.0 Å². The van der Waals surface area contributed by atoms with E-state index in [0.717, 1.165) is 0 Å². The molecule has 0 saturated carbocycles. The fourth-order valence-corrected chi connectivity index (χ4v) is 2.95. The third kappa shape index (κ3) is 4.12. The average molecular weight is 370 g/mol. The lowest BCUT2D eigenvalue weighted by Gasteiger charge is -2.46. The van der Waals surface area contributed by atoms with Crippen molar-refractivity contribution < 1.29 is 54.7 Å². The highest BCUT2D eigenvalue weighted by atomic mass is 16.7. The van der Waals surface area contributed by atoms with Crippen LogP contribution in [0, 0.1) is 0 Å². The van der Waals surface area contributed by atoms with Crippen molar-refractivity contribution >= 4 is 0 Å². The molecule has 148 valence electrons. The third-order valence-electron chi connectivity index (χ3n) is 4.47. The van der Waals surface area contributed by atoms with Crippen molar-refractivity contribution in [2.75, 3.05) is 13.7 Å². The minimum absolute atomic E-state index is 0.753. The van der Waals surface area contributed by atoms with Gasteiger partial charge in [0.25, 0.3) is 0 Å². The fraction of sp³-hybridized carbons (Fsp3) is 1.00. The van der Waals surface area contributed by atoms with Gasteiger partial charge in [0, 0.05) is 7.11 Å². The standard InChI is InChI=1S/C14H26O11/c1-4-11(8(19)10(21)13(22-2)23-4)24-14-9(20)6(17)7(18)12(25-14)5(16)3-15/h4-21H,3H2,1-2H3/t4-,5+,6-,7-,8-,9-,10+,11-,12+,13+,14+/m0/s1. The normalized spacial score (nSPS) is 49.8. The lowest BCUT2D eigenvalue weighted by Crippen LogP contribution is -2.65. The molecule has 2 fully saturated rings. The van der Waals surface area contributed by atoms with Gasteiger partial charge in [0.05, 0.1) is 12.7 Å². The van der Waals surface area contributed by atoms with Gasteiger partial charge < -0.3 is 54.7 Å². The van der Waals surface area contributed by atoms with Crippen LogP contribution in [0.3, 0.4) is 0 Å². The molecule has 0 radical (unpaired) electrons. The molecule has 2 rings (SSSR count). The minimum Gasteiger partial charge on any atom is -0.394 e. The largest absolute Gasteiger partial charge is 0.394 e. The van der Waals surface area contributed by atoms with Gasteiger partial charge in [0.2, 0.25) is 0 Å². The maximum atomic E-state index is 10.2. The zero-order valence-electron chi connectivity index (χ0n) is 13.8. The predicted molar refractivity (Wildman–Crippen MR) is 78.0 cm³/mol. The second kappa shape index (κ2) is 8.50. The molecule has 0 aromatic heterocycles. The van der Waals surface area contributed by atoms with Crippen molar-refractivity contribution in [1.82, 2.24) is 0 Å². The molecule has 11 atom stereocenters. The van der Waals surface area contributed by atoms with Gasteiger partial charge >= 0.3 is 0 Å². The van der Waals surface area contributed by atoms with Gasteiger partial charge in [-0.15, -0.1) is 0 Å². The van der Waals surface area contributed by atoms with E-state index in [0.29, 0.717) is 0 Å². The SMILES string of the molecule is CO[C@@H]1O[C@@H](C)[C@H](O[C@@H]2O[C@H]([C@H](O)CO)[C@@H](O)[C@H](O)[C@@H]2O)[C@@H](O)[C@H]1O. The van der Waals surface area contributed by atoms with E-state index in [9.17, 15) is 30.6 Å². The van der Waals surface area contributed by atoms with Gasteiger partial charge in [-0.3, -0.25) is 0 Å². The summed E-state index contributed by atoms with van der Waals surface area (Å²) in [5.41, 5.74) is 0. The van der Waals surface area contributed by atoms with E-state index < -0.39 is 74.1 Å². The lowest BCUT2D eigenvalue weighted by atomic mass is 9.95. The second-order valence-electron chi connectivity index (χ2n) is 6.22. The van der Waals surface area contributed by atoms with Crippen molar-refractivity contribution in [2.45, 2.75) is 74.4 Å². The molecule has 0 aromatic carbocycles. The van der Waals surface area contributed by atoms with Crippen molar-refractivity contribution in [3.63, 3.8) is 0 Å². The average Bonchev–Trinajstić information content (AvgIpc) is 2.60. The number of hydrogen-bond acceptors (Lipinski definition) is 11. The quantitative estimate of drug-likeness (QED) is 0.249. The summed E-state index contributed by atoms with van der Waals surface area (Å²) in [6, 6.07) is 0. The van der Waals surface area contributed by atoms with Crippen LogP contribution in [0.15, 0.2) is 0 Å². The first-order chi connectivity index (χ1) is 11.7. The molecule has 0 unspecified atom stereocenters. The van der Waals surface area contributed by atoms with E-state index in [1.54, 1.807) is 0 Å². The van der Waals surface area contributed by atoms with Crippen LogP contribution < -0.4 is 0 Å². The maximum Gasteiger partial charge on any atom is 0.187 e. The van der Waals surface area contributed by atoms with E-state index in [4.69, 9.17) is 24.1 Å². The van der Waals surface area contributed by atoms with Crippen molar-refractivity contribution in [1.29, 1.82) is 0 Å². The summed E-state index contributed by atoms with van der Waals surface area (Å²) in [4.78, 5) is 0. The van der Waals surface area contributed by atoms with Crippen LogP contribution >= 0.6 is 0 Å². The predicted octanol–water partition coefficient (Wildman–Crippen LogP) is -4.35. The monoisotopic (exact) mass is 370 g/mol. The van der Waals surface area contributed by atoms with Crippen molar-refractivity contribution in [3.8, 4) is 0 Å². The van der Waals surface area contributed by atoms with Crippen LogP contribution in [0.2, 0.25) is 0 Å². The fourth-order valence-electron chi connectivity index (χ4n) is 2.95. The van der Waals surface area contributed by atoms with Gasteiger partial charge in [-0.05, 0) is 6.92 Å². The Morgan fingerprint density at radius 3 is 2.04 bits per heavy atom. The molecule has 0 bridgehead atoms. The highest BCUT2D eigenvalue weighted by Crippen LogP contribution is 2.29. The Kier molecular flexibility index (Phi) is 7.09. The molecule has 0 aromatic rings. The molecule has 2 aliphatic heterocycles. The molecular weight excluding hydrogens is 344 g/mol. The molecule has 11 heteroatoms. The Hall–Kier alpha value is -0.440. The number of aliphatic hydroxyl groups is 7. The van der Waals surface area contributed by atoms with Gasteiger partial charge in [0.1, 0.15) is 48.8 Å². The summed E-state index contributed by atoms with van der Waals surface area (Å²) in [5, 5.41) is 68.6. The van der Waals surface area contributed by atoms with Crippen LogP contribution in [-0.4, -0.2) is 117 Å². The summed E-state index contributed by atoms with van der Waals surface area (Å²) in [6.45, 7) is 0.781. The lowest BCUT2D eigenvalue weighted by molar-refractivity contribution is -0.358. The van der Waals surface area contributed by atoms with Crippen LogP contribution in [0.1, 0.15) is 6.92 Å². The topological polar surface area (TPSA) is 179 Å². The van der Waals surface area contributed by atoms with Crippen LogP contribution in [0.5, 0.6) is 0 Å². The first kappa shape index (κ1) is 20.9. The van der Waals surface area contributed by atoms with E-state index in [1.807, 2.05) is 0 Å². The molecule has 2 aliphatic rings. The first-order valence-electron chi connectivity index (χ1n) is 7.91. The highest BCUT2D eigenvalue weighted by molar-refractivity contribution is 4.94. The van der Waals surface area contributed by atoms with Gasteiger partial charge in [-0.2, -0.15) is 0 Å². The first-order valence-corrected chi connectivity index (χ1v) is 7.91. The van der Waals surface area contributed by atoms with Gasteiger partial charge in [-0.25, -0.2) is 0 Å². The number of methoxy groups -OCH3 is 1. The second-order valence-corrected chi connectivity index (χ2v) is 6.22. The zero-order chi connectivity index (χ0) is 18.9. The van der Waals surface area contributed by atoms with E-state index in [-0.39, 0.29) is 0 Å². The molecule has 11 nitrogen and oxygen atoms in total. The minimum atomic E-state index is -1.72. The van der Waals surface area contributed by atoms with Crippen LogP contribution in [0.25, 0.3) is 0 Å². The number of rotatable bonds is 5. The summed E-state index contributed by atoms with van der Waals surface area (Å²) < 4.78 is 21.0. The van der Waals surface area contributed by atoms with Crippen molar-refractivity contribution in [3.05, 3.63) is 0 Å². The molecule has 0 aliphatic carbocycles. The van der Waals surface area contributed by atoms with Gasteiger partial charge in [-0.1, -0.05) is 0 Å². The Morgan fingerprint density at radius 2 is 1.48 bits per heavy atom. The Morgan fingerprint density at radius 1 is 0.880 bits per heavy atom. The van der Waals surface area contributed by atoms with E-state index >= 15 is 0 Å². The third-order valence-corrected chi connectivity index (χ3v) is 4.47. The molecule has 7 N–H and O–H groups in total. The summed E-state index contributed by atoms with van der Waals surface area (Å²) in [6.07, 6.45) is -15.5. The highest BCUT2D eigenvalue weighted by Gasteiger charge is 2.50. The molecular formula is C14H26O11. The van der Waals surface area contributed by atoms with E-state index in [2.05, 4.69) is 0 Å². The zero-order valence-corrected chi connectivity index (χ0v) is 13.8. The smallest absolute Gasteiger partial charge is 0.187 e. The summed E-state index contributed by atoms with van der Waals surface area (Å²) >= 11 is 0. The Labute approximate surface area is 143 Å². The van der Waals surface area contributed by atoms with Crippen LogP contribution in [0.4, 0.5) is 0 Å². The number of hydrogen-bond donors (Lipinski definition) is 7. The molecule has 0 amide bonds. The van der Waals surface area contributed by atoms with Gasteiger partial charge in [0.15, 0.2) is 12.6 Å². The molecule has 2 saturated heterocycles. The number of aliphatic hydroxyl groups excluding tert-OH is 7. The van der Waals surface area contributed by atoms with Crippen LogP contribution in [-0.2, 0) is 18.9 Å². The summed E-state index contributed by atoms with van der Waals surface area (Å²) in [5.74, 6) is 0. The Bertz CT molecular complexity index is 424. The number of ether oxygens (including phenoxy) is 4. The van der Waals surface area contributed by atoms with Crippen molar-refractivity contribution in [2.24, 2.45) is 0 Å². The maximum absolute atomic E-state index is 10.2. The summed E-state index contributed by atoms with van der Waals surface area (Å²) in [7, 11) is 1.29. The molecule has 25 heavy (non-hydrogen) atoms. The molecule has 2 heterocycles.